The van der Waals surface area contributed by atoms with Crippen LogP contribution in [0.3, 0.4) is 0 Å². The summed E-state index contributed by atoms with van der Waals surface area (Å²) in [5, 5.41) is 15.6. The molecule has 0 radical (unpaired) electrons. The zero-order chi connectivity index (χ0) is 70.5. The van der Waals surface area contributed by atoms with E-state index in [1.807, 2.05) is 105 Å². The number of halogens is 4. The Bertz CT molecular complexity index is 5330. The number of anilines is 5. The van der Waals surface area contributed by atoms with Gasteiger partial charge in [-0.05, 0) is 155 Å². The van der Waals surface area contributed by atoms with Gasteiger partial charge in [0.05, 0.1) is 62.5 Å². The lowest BCUT2D eigenvalue weighted by molar-refractivity contribution is 0.240. The van der Waals surface area contributed by atoms with Gasteiger partial charge in [0.25, 0.3) is 0 Å². The number of nitrogens with one attached hydrogen (secondary N) is 2. The summed E-state index contributed by atoms with van der Waals surface area (Å²) in [6.45, 7) is 13.0. The molecular weight excluding hydrogens is 1320 g/mol. The molecule has 5 fully saturated rings. The fourth-order valence-electron chi connectivity index (χ4n) is 14.8. The second-order valence-electron chi connectivity index (χ2n) is 27.0. The molecule has 0 bridgehead atoms. The van der Waals surface area contributed by atoms with E-state index < -0.39 is 11.6 Å². The highest BCUT2D eigenvalue weighted by Crippen LogP contribution is 2.30. The molecule has 0 aliphatic carbocycles. The van der Waals surface area contributed by atoms with E-state index in [0.29, 0.717) is 47.8 Å². The summed E-state index contributed by atoms with van der Waals surface area (Å²) in [7, 11) is 0. The Morgan fingerprint density at radius 2 is 0.731 bits per heavy atom. The van der Waals surface area contributed by atoms with Crippen LogP contribution >= 0.6 is 0 Å². The summed E-state index contributed by atoms with van der Waals surface area (Å²) in [5.41, 5.74) is 8.49. The number of fused-ring (bicyclic) bond motifs is 15. The third-order valence-electron chi connectivity index (χ3n) is 20.5. The van der Waals surface area contributed by atoms with Crippen LogP contribution in [0.5, 0.6) is 0 Å². The van der Waals surface area contributed by atoms with Crippen LogP contribution in [0.2, 0.25) is 0 Å². The lowest BCUT2D eigenvalue weighted by atomic mass is 9.94. The molecule has 0 atom stereocenters. The SMILES string of the molecule is FCCC1CCN(c2ccn3c(n2)nc2ccccc23)CC1.Fc1ccc2c(nc3nc(N4CCNCC4)ccn32)c1F.Fc1cn2c(nc1N1CCNCC1)nc1ccccc12.OCCC1CCN(c2ccn3c(n2)nc2ccccc23)CC1.c1ccc2c(c1)nc1nc(N3CCCCC3)ccn12. The first-order chi connectivity index (χ1) is 51.2. The normalized spacial score (nSPS) is 16.4. The Balaban J connectivity index is 0.000000100. The van der Waals surface area contributed by atoms with Crippen molar-refractivity contribution in [2.75, 3.05) is 129 Å². The number of piperidine rings is 3. The van der Waals surface area contributed by atoms with Gasteiger partial charge in [0.15, 0.2) is 23.3 Å². The van der Waals surface area contributed by atoms with Crippen LogP contribution in [0.4, 0.5) is 46.7 Å². The van der Waals surface area contributed by atoms with Gasteiger partial charge in [-0.25, -0.2) is 38.1 Å². The third-order valence-corrected chi connectivity index (χ3v) is 20.5. The smallest absolute Gasteiger partial charge is 0.236 e. The molecule has 5 saturated heterocycles. The van der Waals surface area contributed by atoms with Crippen molar-refractivity contribution in [2.24, 2.45) is 11.8 Å². The largest absolute Gasteiger partial charge is 0.396 e. The van der Waals surface area contributed by atoms with Crippen molar-refractivity contribution in [3.8, 4) is 0 Å². The number of nitrogens with zero attached hydrogens (tertiary/aromatic N) is 20. The zero-order valence-electron chi connectivity index (χ0n) is 57.8. The number of rotatable bonds is 9. The Morgan fingerprint density at radius 1 is 0.356 bits per heavy atom. The van der Waals surface area contributed by atoms with Crippen LogP contribution in [0.25, 0.3) is 84.1 Å². The standard InChI is InChI=1S/C17H19FN4.C17H20N4O.C15H16N4.C14H13F2N5.C14H14FN5/c18-9-5-13-6-10-21(11-7-13)16-8-12-22-15-4-2-1-3-14(15)19-17(22)20-16;22-12-8-13-5-9-20(10-6-13)16-7-11-21-15-4-2-1-3-14(15)18-17(21)19-16;1-4-9-18(10-5-1)14-8-11-19-13-7-3-2-6-12(13)16-15(19)17-14;15-9-1-2-10-13(12(9)16)19-14-18-11(3-6-21(10)14)20-7-4-17-5-8-20;15-10-9-20-12-4-2-1-3-11(12)17-14(20)18-13(10)19-7-5-16-6-8-19/h1-4,8,12-13H,5-7,9-11H2;1-4,7,11,13,22H,5-6,8-10,12H2;2-3,6-8,11H,1,4-5,9-10H2;1-3,6,17H,4-5,7-8H2;1-4,9,16H,5-8H2. The van der Waals surface area contributed by atoms with E-state index in [-0.39, 0.29) is 18.0 Å². The molecule has 534 valence electrons. The van der Waals surface area contributed by atoms with E-state index in [0.717, 1.165) is 215 Å². The van der Waals surface area contributed by atoms with Gasteiger partial charge in [-0.1, -0.05) is 48.5 Å². The van der Waals surface area contributed by atoms with E-state index in [9.17, 15) is 17.6 Å². The molecule has 15 aromatic rings. The highest BCUT2D eigenvalue weighted by molar-refractivity contribution is 5.83. The number of aromatic nitrogens is 15. The van der Waals surface area contributed by atoms with Gasteiger partial charge in [0, 0.05) is 123 Å². The summed E-state index contributed by atoms with van der Waals surface area (Å²) in [6, 6.07) is 42.7. The van der Waals surface area contributed by atoms with Crippen LogP contribution in [0.1, 0.15) is 57.8 Å². The van der Waals surface area contributed by atoms with E-state index in [2.05, 4.69) is 118 Å². The molecule has 104 heavy (non-hydrogen) atoms. The maximum absolute atomic E-state index is 14.3. The molecule has 15 heterocycles. The third kappa shape index (κ3) is 14.2. The van der Waals surface area contributed by atoms with Crippen LogP contribution in [-0.2, 0) is 0 Å². The lowest BCUT2D eigenvalue weighted by Gasteiger charge is -2.32. The van der Waals surface area contributed by atoms with Gasteiger partial charge in [0.1, 0.15) is 28.8 Å². The molecule has 0 amide bonds. The van der Waals surface area contributed by atoms with Crippen molar-refractivity contribution in [2.45, 2.75) is 57.8 Å². The zero-order valence-corrected chi connectivity index (χ0v) is 57.8. The maximum Gasteiger partial charge on any atom is 0.236 e. The van der Waals surface area contributed by atoms with E-state index in [1.54, 1.807) is 15.0 Å². The molecule has 5 aromatic carbocycles. The molecule has 5 aliphatic heterocycles. The number of para-hydroxylation sites is 8. The highest BCUT2D eigenvalue weighted by Gasteiger charge is 2.25. The van der Waals surface area contributed by atoms with Crippen molar-refractivity contribution in [1.82, 2.24) is 82.5 Å². The first-order valence-corrected chi connectivity index (χ1v) is 36.3. The number of benzene rings is 5. The topological polar surface area (TPSA) is 211 Å². The Kier molecular flexibility index (Phi) is 19.9. The second-order valence-corrected chi connectivity index (χ2v) is 27.0. The molecule has 0 spiro atoms. The Morgan fingerprint density at radius 3 is 1.17 bits per heavy atom. The number of imidazole rings is 5. The fraction of sp³-hybridized carbons (Fsp3) is 0.351. The molecule has 27 heteroatoms. The first kappa shape index (κ1) is 67.6. The van der Waals surface area contributed by atoms with Gasteiger partial charge in [-0.3, -0.25) is 26.4 Å². The van der Waals surface area contributed by atoms with Gasteiger partial charge in [-0.15, -0.1) is 0 Å². The minimum Gasteiger partial charge on any atom is -0.396 e. The van der Waals surface area contributed by atoms with Gasteiger partial charge in [0.2, 0.25) is 28.9 Å². The minimum atomic E-state index is -0.929. The summed E-state index contributed by atoms with van der Waals surface area (Å²) < 4.78 is 63.3. The van der Waals surface area contributed by atoms with Crippen LogP contribution < -0.4 is 35.1 Å². The van der Waals surface area contributed by atoms with Crippen LogP contribution in [-0.4, -0.2) is 182 Å². The number of hydrogen-bond donors (Lipinski definition) is 3. The number of hydrogen-bond acceptors (Lipinski definition) is 18. The fourth-order valence-corrected chi connectivity index (χ4v) is 14.8. The van der Waals surface area contributed by atoms with E-state index in [4.69, 9.17) is 20.1 Å². The van der Waals surface area contributed by atoms with Gasteiger partial charge in [-0.2, -0.15) is 24.9 Å². The van der Waals surface area contributed by atoms with Crippen LogP contribution in [0.15, 0.2) is 164 Å². The highest BCUT2D eigenvalue weighted by atomic mass is 19.2. The van der Waals surface area contributed by atoms with Crippen molar-refractivity contribution < 1.29 is 22.7 Å². The number of aliphatic hydroxyl groups is 1. The number of alkyl halides is 1. The van der Waals surface area contributed by atoms with E-state index >= 15 is 0 Å². The summed E-state index contributed by atoms with van der Waals surface area (Å²) in [6.07, 6.45) is 19.3. The van der Waals surface area contributed by atoms with Crippen molar-refractivity contribution in [3.63, 3.8) is 0 Å². The molecule has 20 rings (SSSR count). The van der Waals surface area contributed by atoms with Gasteiger partial charge >= 0.3 is 0 Å². The Labute approximate surface area is 596 Å². The number of piperazine rings is 2. The number of aliphatic hydroxyl groups excluding tert-OH is 1. The van der Waals surface area contributed by atoms with Crippen molar-refractivity contribution in [1.29, 1.82) is 0 Å². The summed E-state index contributed by atoms with van der Waals surface area (Å²) in [4.78, 5) is 56.5. The molecule has 5 aliphatic rings. The Hall–Kier alpha value is -10.9. The van der Waals surface area contributed by atoms with Crippen molar-refractivity contribution in [3.05, 3.63) is 182 Å². The average Bonchev–Trinajstić information content (AvgIpc) is 1.66. The maximum atomic E-state index is 14.3. The lowest BCUT2D eigenvalue weighted by Crippen LogP contribution is -2.44. The predicted octanol–water partition coefficient (Wildman–Crippen LogP) is 11.8. The molecule has 23 nitrogen and oxygen atoms in total. The van der Waals surface area contributed by atoms with Crippen molar-refractivity contribution >= 4 is 113 Å². The minimum absolute atomic E-state index is 0.0139. The molecule has 10 aromatic heterocycles. The second kappa shape index (κ2) is 30.6. The van der Waals surface area contributed by atoms with E-state index in [1.165, 1.54) is 31.5 Å². The summed E-state index contributed by atoms with van der Waals surface area (Å²) in [5.74, 6) is 6.51. The molecular formula is C77H82F4N22O. The first-order valence-electron chi connectivity index (χ1n) is 36.3. The summed E-state index contributed by atoms with van der Waals surface area (Å²) >= 11 is 0. The van der Waals surface area contributed by atoms with Crippen LogP contribution in [0, 0.1) is 29.3 Å². The molecule has 0 unspecified atom stereocenters. The molecule has 3 N–H and O–H groups in total. The predicted molar refractivity (Wildman–Crippen MR) is 401 cm³/mol. The monoisotopic (exact) mass is 1410 g/mol. The molecule has 0 saturated carbocycles. The van der Waals surface area contributed by atoms with Gasteiger partial charge < -0.3 is 40.2 Å². The quantitative estimate of drug-likeness (QED) is 0.115. The average molecular weight is 1410 g/mol.